The summed E-state index contributed by atoms with van der Waals surface area (Å²) in [6.07, 6.45) is 6.39. The molecule has 0 amide bonds. The fourth-order valence-corrected chi connectivity index (χ4v) is 1.81. The topological polar surface area (TPSA) is 77.8 Å². The molecule has 0 unspecified atom stereocenters. The zero-order chi connectivity index (χ0) is 11.0. The van der Waals surface area contributed by atoms with E-state index < -0.39 is 0 Å². The molecule has 1 aliphatic rings. The van der Waals surface area contributed by atoms with Gasteiger partial charge in [-0.15, -0.1) is 12.4 Å². The molecule has 0 radical (unpaired) electrons. The van der Waals surface area contributed by atoms with Gasteiger partial charge >= 0.3 is 0 Å². The van der Waals surface area contributed by atoms with Gasteiger partial charge < -0.3 is 10.3 Å². The molecule has 6 heteroatoms. The number of aromatic nitrogens is 3. The van der Waals surface area contributed by atoms with E-state index in [4.69, 9.17) is 10.3 Å². The fourth-order valence-electron chi connectivity index (χ4n) is 1.81. The number of nitrogens with zero attached hydrogens (tertiary/aromatic N) is 3. The van der Waals surface area contributed by atoms with Gasteiger partial charge in [-0.3, -0.25) is 4.98 Å². The second-order valence-corrected chi connectivity index (χ2v) is 4.17. The Morgan fingerprint density at radius 3 is 2.76 bits per heavy atom. The Morgan fingerprint density at radius 1 is 1.35 bits per heavy atom. The fraction of sp³-hybridized carbons (Fsp3) is 0.364. The molecule has 0 spiro atoms. The summed E-state index contributed by atoms with van der Waals surface area (Å²) < 4.78 is 5.19. The summed E-state index contributed by atoms with van der Waals surface area (Å²) in [5.41, 5.74) is 6.57. The highest BCUT2D eigenvalue weighted by Crippen LogP contribution is 2.37. The molecule has 1 fully saturated rings. The summed E-state index contributed by atoms with van der Waals surface area (Å²) in [7, 11) is 0. The van der Waals surface area contributed by atoms with Crippen molar-refractivity contribution in [2.45, 2.75) is 24.8 Å². The SMILES string of the molecule is Cl.NC1(c2noc(-c3cccnc3)n2)CCC1. The Labute approximate surface area is 105 Å². The lowest BCUT2D eigenvalue weighted by molar-refractivity contribution is 0.229. The van der Waals surface area contributed by atoms with Gasteiger partial charge in [0.05, 0.1) is 11.1 Å². The molecule has 3 rings (SSSR count). The van der Waals surface area contributed by atoms with Crippen LogP contribution in [-0.4, -0.2) is 15.1 Å². The van der Waals surface area contributed by atoms with Crippen LogP contribution in [-0.2, 0) is 5.54 Å². The highest BCUT2D eigenvalue weighted by molar-refractivity contribution is 5.85. The molecule has 1 aliphatic carbocycles. The summed E-state index contributed by atoms with van der Waals surface area (Å²) >= 11 is 0. The van der Waals surface area contributed by atoms with E-state index in [0.717, 1.165) is 24.8 Å². The van der Waals surface area contributed by atoms with Gasteiger partial charge in [0.2, 0.25) is 0 Å². The van der Waals surface area contributed by atoms with Crippen molar-refractivity contribution in [3.8, 4) is 11.5 Å². The smallest absolute Gasteiger partial charge is 0.259 e. The second-order valence-electron chi connectivity index (χ2n) is 4.17. The van der Waals surface area contributed by atoms with Crippen LogP contribution in [0.3, 0.4) is 0 Å². The molecule has 0 bridgehead atoms. The largest absolute Gasteiger partial charge is 0.334 e. The van der Waals surface area contributed by atoms with Crippen molar-refractivity contribution in [1.29, 1.82) is 0 Å². The zero-order valence-electron chi connectivity index (χ0n) is 9.17. The van der Waals surface area contributed by atoms with Gasteiger partial charge in [-0.1, -0.05) is 5.16 Å². The maximum atomic E-state index is 6.11. The molecular formula is C11H13ClN4O. The molecule has 2 aromatic rings. The molecule has 5 nitrogen and oxygen atoms in total. The highest BCUT2D eigenvalue weighted by atomic mass is 35.5. The minimum Gasteiger partial charge on any atom is -0.334 e. The zero-order valence-corrected chi connectivity index (χ0v) is 9.98. The molecular weight excluding hydrogens is 240 g/mol. The van der Waals surface area contributed by atoms with Crippen molar-refractivity contribution < 1.29 is 4.52 Å². The maximum Gasteiger partial charge on any atom is 0.259 e. The Kier molecular flexibility index (Phi) is 3.13. The van der Waals surface area contributed by atoms with Crippen molar-refractivity contribution >= 4 is 12.4 Å². The Morgan fingerprint density at radius 2 is 2.18 bits per heavy atom. The monoisotopic (exact) mass is 252 g/mol. The maximum absolute atomic E-state index is 6.11. The summed E-state index contributed by atoms with van der Waals surface area (Å²) in [5, 5.41) is 3.95. The van der Waals surface area contributed by atoms with Gasteiger partial charge in [0, 0.05) is 12.4 Å². The Hall–Kier alpha value is -1.46. The van der Waals surface area contributed by atoms with Crippen LogP contribution in [0.1, 0.15) is 25.1 Å². The van der Waals surface area contributed by atoms with Crippen molar-refractivity contribution in [3.63, 3.8) is 0 Å². The van der Waals surface area contributed by atoms with Gasteiger partial charge in [0.15, 0.2) is 5.82 Å². The first-order chi connectivity index (χ1) is 7.78. The molecule has 2 N–H and O–H groups in total. The predicted molar refractivity (Wildman–Crippen MR) is 64.5 cm³/mol. The van der Waals surface area contributed by atoms with Gasteiger partial charge in [-0.2, -0.15) is 4.98 Å². The van der Waals surface area contributed by atoms with Crippen LogP contribution < -0.4 is 5.73 Å². The lowest BCUT2D eigenvalue weighted by Crippen LogP contribution is -2.44. The van der Waals surface area contributed by atoms with Gasteiger partial charge in [0.1, 0.15) is 0 Å². The minimum absolute atomic E-state index is 0. The van der Waals surface area contributed by atoms with Gasteiger partial charge in [-0.25, -0.2) is 0 Å². The number of rotatable bonds is 2. The average molecular weight is 253 g/mol. The van der Waals surface area contributed by atoms with Crippen LogP contribution in [0.5, 0.6) is 0 Å². The third-order valence-electron chi connectivity index (χ3n) is 3.03. The molecule has 17 heavy (non-hydrogen) atoms. The van der Waals surface area contributed by atoms with Crippen molar-refractivity contribution in [2.24, 2.45) is 5.73 Å². The third kappa shape index (κ3) is 2.03. The molecule has 2 aromatic heterocycles. The minimum atomic E-state index is -0.371. The Balaban J connectivity index is 0.00000108. The summed E-state index contributed by atoms with van der Waals surface area (Å²) in [4.78, 5) is 8.34. The lowest BCUT2D eigenvalue weighted by Gasteiger charge is -2.34. The number of hydrogen-bond donors (Lipinski definition) is 1. The molecule has 2 heterocycles. The van der Waals surface area contributed by atoms with Crippen LogP contribution in [0, 0.1) is 0 Å². The van der Waals surface area contributed by atoms with E-state index in [2.05, 4.69) is 15.1 Å². The summed E-state index contributed by atoms with van der Waals surface area (Å²) in [6, 6.07) is 3.72. The normalized spacial score (nSPS) is 17.0. The molecule has 0 aliphatic heterocycles. The average Bonchev–Trinajstić information content (AvgIpc) is 2.77. The standard InChI is InChI=1S/C11H12N4O.ClH/c12-11(4-2-5-11)10-14-9(16-15-10)8-3-1-6-13-7-8;/h1,3,6-7H,2,4-5,12H2;1H. The van der Waals surface area contributed by atoms with E-state index >= 15 is 0 Å². The molecule has 0 atom stereocenters. The van der Waals surface area contributed by atoms with E-state index in [-0.39, 0.29) is 17.9 Å². The molecule has 90 valence electrons. The predicted octanol–water partition coefficient (Wildman–Crippen LogP) is 1.89. The third-order valence-corrected chi connectivity index (χ3v) is 3.03. The summed E-state index contributed by atoms with van der Waals surface area (Å²) in [5.74, 6) is 1.09. The highest BCUT2D eigenvalue weighted by Gasteiger charge is 2.39. The lowest BCUT2D eigenvalue weighted by atomic mass is 9.77. The quantitative estimate of drug-likeness (QED) is 0.883. The summed E-state index contributed by atoms with van der Waals surface area (Å²) in [6.45, 7) is 0. The molecule has 0 aromatic carbocycles. The van der Waals surface area contributed by atoms with Crippen molar-refractivity contribution in [3.05, 3.63) is 30.4 Å². The van der Waals surface area contributed by atoms with Crippen LogP contribution >= 0.6 is 12.4 Å². The van der Waals surface area contributed by atoms with Crippen LogP contribution in [0.2, 0.25) is 0 Å². The van der Waals surface area contributed by atoms with E-state index in [9.17, 15) is 0 Å². The van der Waals surface area contributed by atoms with Crippen LogP contribution in [0.15, 0.2) is 29.0 Å². The molecule has 0 saturated heterocycles. The number of pyridine rings is 1. The van der Waals surface area contributed by atoms with Gasteiger partial charge in [-0.05, 0) is 31.4 Å². The van der Waals surface area contributed by atoms with Gasteiger partial charge in [0.25, 0.3) is 5.89 Å². The number of nitrogens with two attached hydrogens (primary N) is 1. The van der Waals surface area contributed by atoms with E-state index in [1.807, 2.05) is 12.1 Å². The van der Waals surface area contributed by atoms with E-state index in [0.29, 0.717) is 11.7 Å². The molecule has 1 saturated carbocycles. The second kappa shape index (κ2) is 4.43. The Bertz CT molecular complexity index is 495. The number of halogens is 1. The first kappa shape index (κ1) is 12.0. The van der Waals surface area contributed by atoms with Crippen LogP contribution in [0.4, 0.5) is 0 Å². The van der Waals surface area contributed by atoms with Crippen molar-refractivity contribution in [1.82, 2.24) is 15.1 Å². The first-order valence-corrected chi connectivity index (χ1v) is 5.31. The van der Waals surface area contributed by atoms with E-state index in [1.165, 1.54) is 0 Å². The van der Waals surface area contributed by atoms with E-state index in [1.54, 1.807) is 12.4 Å². The van der Waals surface area contributed by atoms with Crippen LogP contribution in [0.25, 0.3) is 11.5 Å². The van der Waals surface area contributed by atoms with Crippen molar-refractivity contribution in [2.75, 3.05) is 0 Å². The first-order valence-electron chi connectivity index (χ1n) is 5.31. The number of hydrogen-bond acceptors (Lipinski definition) is 5.